The molecule has 7 nitrogen and oxygen atoms in total. The van der Waals surface area contributed by atoms with E-state index in [1.807, 2.05) is 6.92 Å². The normalized spacial score (nSPS) is 15.4. The monoisotopic (exact) mass is 509 g/mol. The zero-order valence-corrected chi connectivity index (χ0v) is 20.4. The molecular formula is C27H25ClFN3O4. The van der Waals surface area contributed by atoms with Crippen LogP contribution >= 0.6 is 11.6 Å². The Balaban J connectivity index is 1.35. The first-order valence-electron chi connectivity index (χ1n) is 11.5. The van der Waals surface area contributed by atoms with Gasteiger partial charge in [-0.3, -0.25) is 9.59 Å². The molecule has 2 amide bonds. The van der Waals surface area contributed by atoms with Gasteiger partial charge in [0.2, 0.25) is 11.8 Å². The number of hydrogen-bond acceptors (Lipinski definition) is 5. The summed E-state index contributed by atoms with van der Waals surface area (Å²) in [4.78, 5) is 26.5. The number of nitrogens with one attached hydrogen (secondary N) is 1. The van der Waals surface area contributed by atoms with Gasteiger partial charge in [0, 0.05) is 23.7 Å². The highest BCUT2D eigenvalue weighted by molar-refractivity contribution is 6.30. The first kappa shape index (κ1) is 25.2. The molecule has 1 aliphatic heterocycles. The maximum Gasteiger partial charge on any atom is 0.245 e. The second-order valence-corrected chi connectivity index (χ2v) is 8.61. The summed E-state index contributed by atoms with van der Waals surface area (Å²) < 4.78 is 24.6. The third kappa shape index (κ3) is 6.40. The molecule has 1 fully saturated rings. The van der Waals surface area contributed by atoms with Gasteiger partial charge < -0.3 is 14.4 Å². The minimum Gasteiger partial charge on any atom is -0.490 e. The second kappa shape index (κ2) is 11.7. The highest BCUT2D eigenvalue weighted by atomic mass is 35.5. The maximum atomic E-state index is 13.1. The topological polar surface area (TPSA) is 80.2 Å². The average molecular weight is 510 g/mol. The molecule has 1 atom stereocenters. The number of nitrogens with zero attached hydrogens (tertiary/aromatic N) is 2. The number of amides is 2. The fourth-order valence-corrected chi connectivity index (χ4v) is 3.88. The largest absolute Gasteiger partial charge is 0.490 e. The van der Waals surface area contributed by atoms with E-state index in [9.17, 15) is 14.0 Å². The van der Waals surface area contributed by atoms with E-state index >= 15 is 0 Å². The molecule has 1 saturated heterocycles. The van der Waals surface area contributed by atoms with Gasteiger partial charge in [0.1, 0.15) is 12.4 Å². The zero-order valence-electron chi connectivity index (χ0n) is 19.6. The van der Waals surface area contributed by atoms with Crippen molar-refractivity contribution in [1.29, 1.82) is 0 Å². The zero-order chi connectivity index (χ0) is 25.5. The van der Waals surface area contributed by atoms with Crippen LogP contribution in [-0.2, 0) is 16.2 Å². The molecule has 1 aliphatic rings. The van der Waals surface area contributed by atoms with Gasteiger partial charge in [-0.15, -0.1) is 0 Å². The van der Waals surface area contributed by atoms with Crippen LogP contribution in [0.4, 0.5) is 10.1 Å². The van der Waals surface area contributed by atoms with Crippen molar-refractivity contribution in [2.75, 3.05) is 18.1 Å². The summed E-state index contributed by atoms with van der Waals surface area (Å²) >= 11 is 5.91. The Bertz CT molecular complexity index is 1250. The van der Waals surface area contributed by atoms with E-state index in [-0.39, 0.29) is 37.2 Å². The van der Waals surface area contributed by atoms with E-state index in [0.29, 0.717) is 34.4 Å². The van der Waals surface area contributed by atoms with Crippen molar-refractivity contribution >= 4 is 35.3 Å². The number of hydrazone groups is 1. The van der Waals surface area contributed by atoms with Crippen LogP contribution in [0.15, 0.2) is 71.8 Å². The fourth-order valence-electron chi connectivity index (χ4n) is 3.75. The van der Waals surface area contributed by atoms with Gasteiger partial charge in [-0.25, -0.2) is 9.82 Å². The number of anilines is 1. The minimum absolute atomic E-state index is 0.110. The molecule has 36 heavy (non-hydrogen) atoms. The van der Waals surface area contributed by atoms with Crippen LogP contribution in [0.2, 0.25) is 5.02 Å². The summed E-state index contributed by atoms with van der Waals surface area (Å²) in [5.41, 5.74) is 4.74. The van der Waals surface area contributed by atoms with E-state index < -0.39 is 5.92 Å². The lowest BCUT2D eigenvalue weighted by Gasteiger charge is -2.16. The molecule has 1 N–H and O–H groups in total. The summed E-state index contributed by atoms with van der Waals surface area (Å²) in [5.74, 6) is -0.210. The number of halogens is 2. The van der Waals surface area contributed by atoms with E-state index in [4.69, 9.17) is 21.1 Å². The quantitative estimate of drug-likeness (QED) is 0.326. The standard InChI is InChI=1S/C27H25ClFN3O4/c1-2-35-25-13-19(5-12-24(25)36-17-18-3-8-22(29)9-4-18)15-30-31-27(34)20-14-26(33)32(16-20)23-10-6-21(28)7-11-23/h3-13,15,20H,2,14,16-17H2,1H3,(H,31,34)/b30-15-/t20-/m0/s1. The van der Waals surface area contributed by atoms with Crippen LogP contribution in [0.25, 0.3) is 0 Å². The molecule has 0 unspecified atom stereocenters. The first-order valence-corrected chi connectivity index (χ1v) is 11.8. The average Bonchev–Trinajstić information content (AvgIpc) is 3.27. The Labute approximate surface area is 213 Å². The van der Waals surface area contributed by atoms with Crippen molar-refractivity contribution in [2.45, 2.75) is 20.0 Å². The SMILES string of the molecule is CCOc1cc(/C=N\NC(=O)[C@H]2CC(=O)N(c3ccc(Cl)cc3)C2)ccc1OCc1ccc(F)cc1. The smallest absolute Gasteiger partial charge is 0.245 e. The van der Waals surface area contributed by atoms with Crippen LogP contribution in [-0.4, -0.2) is 31.2 Å². The lowest BCUT2D eigenvalue weighted by molar-refractivity contribution is -0.126. The van der Waals surface area contributed by atoms with Gasteiger partial charge in [0.15, 0.2) is 11.5 Å². The van der Waals surface area contributed by atoms with Gasteiger partial charge in [-0.05, 0) is 72.6 Å². The number of carbonyl (C=O) groups excluding carboxylic acids is 2. The Morgan fingerprint density at radius 2 is 1.86 bits per heavy atom. The van der Waals surface area contributed by atoms with Gasteiger partial charge in [0.05, 0.1) is 18.7 Å². The number of hydrogen-bond donors (Lipinski definition) is 1. The number of ether oxygens (including phenoxy) is 2. The van der Waals surface area contributed by atoms with Crippen LogP contribution in [0.5, 0.6) is 11.5 Å². The van der Waals surface area contributed by atoms with Crippen molar-refractivity contribution in [3.05, 3.63) is 88.7 Å². The second-order valence-electron chi connectivity index (χ2n) is 8.17. The van der Waals surface area contributed by atoms with Crippen molar-refractivity contribution < 1.29 is 23.5 Å². The summed E-state index contributed by atoms with van der Waals surface area (Å²) in [7, 11) is 0. The van der Waals surface area contributed by atoms with Gasteiger partial charge >= 0.3 is 0 Å². The molecular weight excluding hydrogens is 485 g/mol. The highest BCUT2D eigenvalue weighted by Gasteiger charge is 2.35. The summed E-state index contributed by atoms with van der Waals surface area (Å²) in [6.45, 7) is 2.83. The third-order valence-corrected chi connectivity index (χ3v) is 5.85. The van der Waals surface area contributed by atoms with E-state index in [1.165, 1.54) is 18.3 Å². The molecule has 1 heterocycles. The van der Waals surface area contributed by atoms with Crippen LogP contribution in [0.3, 0.4) is 0 Å². The van der Waals surface area contributed by atoms with Crippen molar-refractivity contribution in [2.24, 2.45) is 11.0 Å². The first-order chi connectivity index (χ1) is 17.4. The van der Waals surface area contributed by atoms with Gasteiger partial charge in [-0.1, -0.05) is 23.7 Å². The molecule has 4 rings (SSSR count). The van der Waals surface area contributed by atoms with Crippen molar-refractivity contribution in [3.63, 3.8) is 0 Å². The van der Waals surface area contributed by atoms with Crippen molar-refractivity contribution in [1.82, 2.24) is 5.43 Å². The molecule has 0 bridgehead atoms. The van der Waals surface area contributed by atoms with Crippen molar-refractivity contribution in [3.8, 4) is 11.5 Å². The van der Waals surface area contributed by atoms with Crippen LogP contribution < -0.4 is 19.8 Å². The Hall–Kier alpha value is -3.91. The van der Waals surface area contributed by atoms with Crippen LogP contribution in [0, 0.1) is 11.7 Å². The van der Waals surface area contributed by atoms with Gasteiger partial charge in [-0.2, -0.15) is 5.10 Å². The lowest BCUT2D eigenvalue weighted by Crippen LogP contribution is -2.30. The lowest BCUT2D eigenvalue weighted by atomic mass is 10.1. The molecule has 0 saturated carbocycles. The van der Waals surface area contributed by atoms with E-state index in [0.717, 1.165) is 5.56 Å². The molecule has 9 heteroatoms. The minimum atomic E-state index is -0.508. The van der Waals surface area contributed by atoms with Crippen LogP contribution in [0.1, 0.15) is 24.5 Å². The fraction of sp³-hybridized carbons (Fsp3) is 0.222. The predicted molar refractivity (Wildman–Crippen MR) is 136 cm³/mol. The number of rotatable bonds is 9. The predicted octanol–water partition coefficient (Wildman–Crippen LogP) is 4.96. The Kier molecular flexibility index (Phi) is 8.17. The summed E-state index contributed by atoms with van der Waals surface area (Å²) in [6.07, 6.45) is 1.61. The highest BCUT2D eigenvalue weighted by Crippen LogP contribution is 2.29. The molecule has 0 radical (unpaired) electrons. The summed E-state index contributed by atoms with van der Waals surface area (Å²) in [6, 6.07) is 18.3. The molecule has 3 aromatic carbocycles. The molecule has 0 aromatic heterocycles. The molecule has 0 aliphatic carbocycles. The van der Waals surface area contributed by atoms with E-state index in [1.54, 1.807) is 59.5 Å². The molecule has 0 spiro atoms. The number of carbonyl (C=O) groups is 2. The maximum absolute atomic E-state index is 13.1. The number of benzene rings is 3. The molecule has 186 valence electrons. The Morgan fingerprint density at radius 1 is 1.11 bits per heavy atom. The molecule has 3 aromatic rings. The van der Waals surface area contributed by atoms with Gasteiger partial charge in [0.25, 0.3) is 0 Å². The third-order valence-electron chi connectivity index (χ3n) is 5.60. The summed E-state index contributed by atoms with van der Waals surface area (Å²) in [5, 5.41) is 4.63. The Morgan fingerprint density at radius 3 is 2.58 bits per heavy atom. The van der Waals surface area contributed by atoms with E-state index in [2.05, 4.69) is 10.5 Å².